The fourth-order valence-electron chi connectivity index (χ4n) is 3.27. The van der Waals surface area contributed by atoms with Crippen molar-refractivity contribution >= 4 is 15.9 Å². The van der Waals surface area contributed by atoms with E-state index in [1.165, 1.54) is 0 Å². The quantitative estimate of drug-likeness (QED) is 0.219. The maximum absolute atomic E-state index is 6.27. The summed E-state index contributed by atoms with van der Waals surface area (Å²) in [5, 5.41) is 0.690. The minimum absolute atomic E-state index is 0.428. The highest BCUT2D eigenvalue weighted by Gasteiger charge is 2.16. The van der Waals surface area contributed by atoms with Crippen molar-refractivity contribution in [1.29, 1.82) is 0 Å². The molecule has 0 amide bonds. The summed E-state index contributed by atoms with van der Waals surface area (Å²) in [6, 6.07) is 34.3. The molecular formula is C28H25BrO3. The Morgan fingerprint density at radius 1 is 0.469 bits per heavy atom. The van der Waals surface area contributed by atoms with Crippen LogP contribution in [-0.4, -0.2) is 0 Å². The van der Waals surface area contributed by atoms with Gasteiger partial charge in [0.25, 0.3) is 0 Å². The van der Waals surface area contributed by atoms with E-state index in [0.717, 1.165) is 22.3 Å². The minimum atomic E-state index is 0.428. The first-order valence-electron chi connectivity index (χ1n) is 10.5. The summed E-state index contributed by atoms with van der Waals surface area (Å²) in [5.74, 6) is 1.96. The predicted molar refractivity (Wildman–Crippen MR) is 131 cm³/mol. The summed E-state index contributed by atoms with van der Waals surface area (Å²) in [5.41, 5.74) is 4.33. The molecule has 4 aromatic rings. The lowest BCUT2D eigenvalue weighted by Gasteiger charge is -2.19. The molecule has 0 saturated carbocycles. The van der Waals surface area contributed by atoms with E-state index in [1.807, 2.05) is 103 Å². The number of hydrogen-bond donors (Lipinski definition) is 0. The van der Waals surface area contributed by atoms with Crippen LogP contribution in [0, 0.1) is 0 Å². The van der Waals surface area contributed by atoms with Gasteiger partial charge in [0.1, 0.15) is 19.8 Å². The summed E-state index contributed by atoms with van der Waals surface area (Å²) < 4.78 is 18.7. The summed E-state index contributed by atoms with van der Waals surface area (Å²) in [7, 11) is 0. The fourth-order valence-corrected chi connectivity index (χ4v) is 3.59. The molecule has 4 heteroatoms. The largest absolute Gasteiger partial charge is 0.485 e. The number of halogens is 1. The molecule has 0 saturated heterocycles. The second kappa shape index (κ2) is 11.4. The molecule has 3 nitrogen and oxygen atoms in total. The van der Waals surface area contributed by atoms with Gasteiger partial charge >= 0.3 is 0 Å². The number of hydrogen-bond acceptors (Lipinski definition) is 3. The molecule has 0 spiro atoms. The first kappa shape index (κ1) is 22.0. The highest BCUT2D eigenvalue weighted by Crippen LogP contribution is 2.41. The van der Waals surface area contributed by atoms with Crippen molar-refractivity contribution in [2.24, 2.45) is 0 Å². The van der Waals surface area contributed by atoms with Crippen LogP contribution in [0.2, 0.25) is 0 Å². The third kappa shape index (κ3) is 6.14. The average Bonchev–Trinajstić information content (AvgIpc) is 2.87. The van der Waals surface area contributed by atoms with Gasteiger partial charge in [-0.1, -0.05) is 107 Å². The standard InChI is InChI=1S/C28H25BrO3/c29-18-25-16-26(30-19-22-10-4-1-5-11-22)28(32-21-24-14-8-3-9-15-24)27(17-25)31-20-23-12-6-2-7-13-23/h1-17H,18-21H2. The molecule has 0 aliphatic rings. The highest BCUT2D eigenvalue weighted by atomic mass is 79.9. The third-order valence-electron chi connectivity index (χ3n) is 4.94. The molecule has 0 aliphatic heterocycles. The third-order valence-corrected chi connectivity index (χ3v) is 5.58. The van der Waals surface area contributed by atoms with E-state index < -0.39 is 0 Å². The number of ether oxygens (including phenoxy) is 3. The Balaban J connectivity index is 1.61. The van der Waals surface area contributed by atoms with Crippen molar-refractivity contribution in [2.45, 2.75) is 25.2 Å². The smallest absolute Gasteiger partial charge is 0.203 e. The van der Waals surface area contributed by atoms with Crippen molar-refractivity contribution in [1.82, 2.24) is 0 Å². The molecule has 0 aliphatic carbocycles. The zero-order valence-corrected chi connectivity index (χ0v) is 19.3. The average molecular weight is 489 g/mol. The van der Waals surface area contributed by atoms with Crippen LogP contribution in [0.25, 0.3) is 0 Å². The van der Waals surface area contributed by atoms with Crippen LogP contribution in [0.5, 0.6) is 17.2 Å². The lowest BCUT2D eigenvalue weighted by atomic mass is 10.2. The molecule has 0 atom stereocenters. The van der Waals surface area contributed by atoms with E-state index in [1.54, 1.807) is 0 Å². The van der Waals surface area contributed by atoms with E-state index in [4.69, 9.17) is 14.2 Å². The molecular weight excluding hydrogens is 464 g/mol. The van der Waals surface area contributed by atoms with E-state index >= 15 is 0 Å². The van der Waals surface area contributed by atoms with Crippen molar-refractivity contribution in [3.05, 3.63) is 125 Å². The topological polar surface area (TPSA) is 27.7 Å². The van der Waals surface area contributed by atoms with Crippen LogP contribution in [0.15, 0.2) is 103 Å². The van der Waals surface area contributed by atoms with Crippen LogP contribution in [0.1, 0.15) is 22.3 Å². The van der Waals surface area contributed by atoms with Gasteiger partial charge in [-0.2, -0.15) is 0 Å². The lowest BCUT2D eigenvalue weighted by Crippen LogP contribution is -2.05. The van der Waals surface area contributed by atoms with Crippen LogP contribution >= 0.6 is 15.9 Å². The number of alkyl halides is 1. The van der Waals surface area contributed by atoms with Crippen LogP contribution in [0.3, 0.4) is 0 Å². The second-order valence-corrected chi connectivity index (χ2v) is 7.94. The molecule has 4 rings (SSSR count). The predicted octanol–water partition coefficient (Wildman–Crippen LogP) is 7.32. The van der Waals surface area contributed by atoms with E-state index in [9.17, 15) is 0 Å². The molecule has 0 aromatic heterocycles. The second-order valence-electron chi connectivity index (χ2n) is 7.38. The number of benzene rings is 4. The van der Waals surface area contributed by atoms with Gasteiger partial charge in [0.15, 0.2) is 11.5 Å². The van der Waals surface area contributed by atoms with Crippen molar-refractivity contribution < 1.29 is 14.2 Å². The summed E-state index contributed by atoms with van der Waals surface area (Å²) in [6.07, 6.45) is 0. The fraction of sp³-hybridized carbons (Fsp3) is 0.143. The van der Waals surface area contributed by atoms with Gasteiger partial charge in [-0.05, 0) is 34.4 Å². The SMILES string of the molecule is BrCc1cc(OCc2ccccc2)c(OCc2ccccc2)c(OCc2ccccc2)c1. The molecule has 162 valence electrons. The molecule has 0 fully saturated rings. The molecule has 4 aromatic carbocycles. The summed E-state index contributed by atoms with van der Waals surface area (Å²) >= 11 is 3.57. The Kier molecular flexibility index (Phi) is 7.83. The van der Waals surface area contributed by atoms with Gasteiger partial charge in [0.05, 0.1) is 0 Å². The first-order valence-corrected chi connectivity index (χ1v) is 11.7. The molecule has 0 radical (unpaired) electrons. The minimum Gasteiger partial charge on any atom is -0.485 e. The molecule has 0 bridgehead atoms. The normalized spacial score (nSPS) is 10.5. The molecule has 0 heterocycles. The van der Waals surface area contributed by atoms with Crippen molar-refractivity contribution in [2.75, 3.05) is 0 Å². The highest BCUT2D eigenvalue weighted by molar-refractivity contribution is 9.08. The van der Waals surface area contributed by atoms with E-state index in [2.05, 4.69) is 15.9 Å². The van der Waals surface area contributed by atoms with Crippen LogP contribution in [0.4, 0.5) is 0 Å². The Bertz CT molecular complexity index is 1030. The Hall–Kier alpha value is -3.24. The maximum atomic E-state index is 6.27. The maximum Gasteiger partial charge on any atom is 0.203 e. The lowest BCUT2D eigenvalue weighted by molar-refractivity contribution is 0.230. The first-order chi connectivity index (χ1) is 15.8. The van der Waals surface area contributed by atoms with Gasteiger partial charge < -0.3 is 14.2 Å². The van der Waals surface area contributed by atoms with Crippen LogP contribution < -0.4 is 14.2 Å². The molecule has 0 unspecified atom stereocenters. The zero-order chi connectivity index (χ0) is 22.0. The monoisotopic (exact) mass is 488 g/mol. The summed E-state index contributed by atoms with van der Waals surface area (Å²) in [4.78, 5) is 0. The van der Waals surface area contributed by atoms with Crippen molar-refractivity contribution in [3.8, 4) is 17.2 Å². The van der Waals surface area contributed by atoms with Crippen molar-refractivity contribution in [3.63, 3.8) is 0 Å². The van der Waals surface area contributed by atoms with Gasteiger partial charge in [0, 0.05) is 5.33 Å². The molecule has 32 heavy (non-hydrogen) atoms. The van der Waals surface area contributed by atoms with Gasteiger partial charge in [0.2, 0.25) is 5.75 Å². The Labute approximate surface area is 197 Å². The number of rotatable bonds is 10. The summed E-state index contributed by atoms with van der Waals surface area (Å²) in [6.45, 7) is 1.33. The Morgan fingerprint density at radius 3 is 1.22 bits per heavy atom. The van der Waals surface area contributed by atoms with Gasteiger partial charge in [-0.15, -0.1) is 0 Å². The van der Waals surface area contributed by atoms with E-state index in [-0.39, 0.29) is 0 Å². The van der Waals surface area contributed by atoms with Gasteiger partial charge in [-0.3, -0.25) is 0 Å². The van der Waals surface area contributed by atoms with Crippen LogP contribution in [-0.2, 0) is 25.2 Å². The molecule has 0 N–H and O–H groups in total. The van der Waals surface area contributed by atoms with Gasteiger partial charge in [-0.25, -0.2) is 0 Å². The van der Waals surface area contributed by atoms with E-state index in [0.29, 0.717) is 42.4 Å². The Morgan fingerprint density at radius 2 is 0.844 bits per heavy atom. The zero-order valence-electron chi connectivity index (χ0n) is 17.7.